The summed E-state index contributed by atoms with van der Waals surface area (Å²) in [6.07, 6.45) is 20.1. The van der Waals surface area contributed by atoms with E-state index in [1.165, 1.54) is 89.9 Å². The first-order valence-corrected chi connectivity index (χ1v) is 14.8. The van der Waals surface area contributed by atoms with Crippen LogP contribution in [-0.2, 0) is 4.43 Å². The Hall–Kier alpha value is 0.177. The third-order valence-electron chi connectivity index (χ3n) is 6.34. The molecule has 1 atom stereocenters. The molecule has 1 nitrogen and oxygen atoms in total. The Labute approximate surface area is 168 Å². The lowest BCUT2D eigenvalue weighted by molar-refractivity contribution is 0.228. The first-order valence-electron chi connectivity index (χ1n) is 11.8. The molecule has 0 N–H and O–H groups in total. The van der Waals surface area contributed by atoms with Gasteiger partial charge in [0.15, 0.2) is 8.32 Å². The first-order chi connectivity index (χ1) is 12.2. The summed E-state index contributed by atoms with van der Waals surface area (Å²) in [5, 5.41) is 0.336. The Kier molecular flexibility index (Phi) is 15.2. The van der Waals surface area contributed by atoms with Gasteiger partial charge in [0.2, 0.25) is 0 Å². The quantitative estimate of drug-likeness (QED) is 0.179. The molecule has 1 unspecified atom stereocenters. The van der Waals surface area contributed by atoms with E-state index in [-0.39, 0.29) is 0 Å². The summed E-state index contributed by atoms with van der Waals surface area (Å²) in [5.74, 6) is 0.719. The highest BCUT2D eigenvalue weighted by atomic mass is 28.4. The topological polar surface area (TPSA) is 9.23 Å². The average Bonchev–Trinajstić information content (AvgIpc) is 2.56. The maximum absolute atomic E-state index is 6.36. The molecule has 0 aliphatic carbocycles. The third kappa shape index (κ3) is 14.3. The van der Waals surface area contributed by atoms with Crippen LogP contribution in [0.15, 0.2) is 0 Å². The molecule has 158 valence electrons. The summed E-state index contributed by atoms with van der Waals surface area (Å²) in [4.78, 5) is 0. The van der Waals surface area contributed by atoms with Gasteiger partial charge < -0.3 is 4.43 Å². The fourth-order valence-corrected chi connectivity index (χ4v) is 4.30. The fourth-order valence-electron chi connectivity index (χ4n) is 3.16. The number of hydrogen-bond donors (Lipinski definition) is 0. The van der Waals surface area contributed by atoms with Crippen LogP contribution < -0.4 is 0 Å². The first kappa shape index (κ1) is 26.2. The SMILES string of the molecule is CCCCCCCCCCCCCCCC(C)CO[Si](C)(C)C(C)(C)C. The van der Waals surface area contributed by atoms with Gasteiger partial charge >= 0.3 is 0 Å². The second-order valence-electron chi connectivity index (χ2n) is 10.2. The van der Waals surface area contributed by atoms with Crippen LogP contribution in [0.25, 0.3) is 0 Å². The van der Waals surface area contributed by atoms with Gasteiger partial charge in [-0.1, -0.05) is 118 Å². The highest BCUT2D eigenvalue weighted by Crippen LogP contribution is 2.36. The largest absolute Gasteiger partial charge is 0.417 e. The zero-order chi connectivity index (χ0) is 19.9. The van der Waals surface area contributed by atoms with E-state index in [1.54, 1.807) is 0 Å². The molecule has 0 saturated carbocycles. The van der Waals surface area contributed by atoms with Crippen molar-refractivity contribution in [1.29, 1.82) is 0 Å². The molecule has 0 saturated heterocycles. The summed E-state index contributed by atoms with van der Waals surface area (Å²) in [5.41, 5.74) is 0. The van der Waals surface area contributed by atoms with E-state index in [4.69, 9.17) is 4.43 Å². The Morgan fingerprint density at radius 1 is 0.692 bits per heavy atom. The van der Waals surface area contributed by atoms with Gasteiger partial charge in [-0.05, 0) is 30.5 Å². The van der Waals surface area contributed by atoms with Crippen LogP contribution in [0, 0.1) is 5.92 Å². The zero-order valence-corrected chi connectivity index (χ0v) is 20.6. The van der Waals surface area contributed by atoms with Gasteiger partial charge in [-0.15, -0.1) is 0 Å². The van der Waals surface area contributed by atoms with Crippen LogP contribution in [-0.4, -0.2) is 14.9 Å². The average molecular weight is 385 g/mol. The Morgan fingerprint density at radius 2 is 1.08 bits per heavy atom. The van der Waals surface area contributed by atoms with Crippen molar-refractivity contribution in [3.8, 4) is 0 Å². The summed E-state index contributed by atoms with van der Waals surface area (Å²) in [6.45, 7) is 17.4. The molecule has 0 aromatic carbocycles. The standard InChI is InChI=1S/C24H52OSi/c1-8-9-10-11-12-13-14-15-16-17-18-19-20-21-23(2)22-25-26(6,7)24(3,4)5/h23H,8-22H2,1-7H3. The van der Waals surface area contributed by atoms with Crippen molar-refractivity contribution >= 4 is 8.32 Å². The molecule has 0 radical (unpaired) electrons. The number of unbranched alkanes of at least 4 members (excludes halogenated alkanes) is 12. The molecule has 0 bridgehead atoms. The predicted molar refractivity (Wildman–Crippen MR) is 123 cm³/mol. The van der Waals surface area contributed by atoms with E-state index in [1.807, 2.05) is 0 Å². The molecule has 2 heteroatoms. The highest BCUT2D eigenvalue weighted by Gasteiger charge is 2.37. The molecular formula is C24H52OSi. The van der Waals surface area contributed by atoms with Gasteiger partial charge in [-0.25, -0.2) is 0 Å². The lowest BCUT2D eigenvalue weighted by atomic mass is 10.0. The summed E-state index contributed by atoms with van der Waals surface area (Å²) < 4.78 is 6.36. The lowest BCUT2D eigenvalue weighted by Gasteiger charge is -2.37. The minimum absolute atomic E-state index is 0.336. The molecule has 0 rings (SSSR count). The van der Waals surface area contributed by atoms with E-state index in [9.17, 15) is 0 Å². The fraction of sp³-hybridized carbons (Fsp3) is 1.00. The Bertz CT molecular complexity index is 306. The van der Waals surface area contributed by atoms with E-state index in [0.717, 1.165) is 12.5 Å². The smallest absolute Gasteiger partial charge is 0.191 e. The maximum Gasteiger partial charge on any atom is 0.191 e. The van der Waals surface area contributed by atoms with Crippen LogP contribution in [0.3, 0.4) is 0 Å². The minimum Gasteiger partial charge on any atom is -0.417 e. The van der Waals surface area contributed by atoms with Gasteiger partial charge in [0, 0.05) is 6.61 Å². The number of rotatable bonds is 17. The van der Waals surface area contributed by atoms with Gasteiger partial charge in [0.1, 0.15) is 0 Å². The molecule has 26 heavy (non-hydrogen) atoms. The summed E-state index contributed by atoms with van der Waals surface area (Å²) in [6, 6.07) is 0. The molecular weight excluding hydrogens is 332 g/mol. The van der Waals surface area contributed by atoms with E-state index in [2.05, 4.69) is 47.7 Å². The second kappa shape index (κ2) is 15.1. The third-order valence-corrected chi connectivity index (χ3v) is 10.8. The van der Waals surface area contributed by atoms with Gasteiger partial charge in [0.25, 0.3) is 0 Å². The van der Waals surface area contributed by atoms with Crippen LogP contribution in [0.5, 0.6) is 0 Å². The maximum atomic E-state index is 6.36. The molecule has 0 heterocycles. The van der Waals surface area contributed by atoms with Crippen molar-refractivity contribution in [1.82, 2.24) is 0 Å². The van der Waals surface area contributed by atoms with Gasteiger partial charge in [-0.3, -0.25) is 0 Å². The van der Waals surface area contributed by atoms with Crippen molar-refractivity contribution in [3.05, 3.63) is 0 Å². The van der Waals surface area contributed by atoms with Crippen molar-refractivity contribution < 1.29 is 4.43 Å². The van der Waals surface area contributed by atoms with E-state index in [0.29, 0.717) is 5.04 Å². The van der Waals surface area contributed by atoms with Crippen molar-refractivity contribution in [2.75, 3.05) is 6.61 Å². The van der Waals surface area contributed by atoms with Gasteiger partial charge in [0.05, 0.1) is 0 Å². The molecule has 0 aromatic rings. The van der Waals surface area contributed by atoms with Gasteiger partial charge in [-0.2, -0.15) is 0 Å². The predicted octanol–water partition coefficient (Wildman–Crippen LogP) is 9.13. The molecule has 0 amide bonds. The van der Waals surface area contributed by atoms with Crippen molar-refractivity contribution in [2.45, 2.75) is 143 Å². The van der Waals surface area contributed by atoms with Crippen LogP contribution in [0.2, 0.25) is 18.1 Å². The minimum atomic E-state index is -1.55. The van der Waals surface area contributed by atoms with Crippen LogP contribution >= 0.6 is 0 Å². The second-order valence-corrected chi connectivity index (χ2v) is 15.0. The van der Waals surface area contributed by atoms with Crippen LogP contribution in [0.1, 0.15) is 125 Å². The molecule has 0 aromatic heterocycles. The summed E-state index contributed by atoms with van der Waals surface area (Å²) in [7, 11) is -1.55. The van der Waals surface area contributed by atoms with Crippen molar-refractivity contribution in [2.24, 2.45) is 5.92 Å². The Morgan fingerprint density at radius 3 is 1.46 bits per heavy atom. The van der Waals surface area contributed by atoms with Crippen molar-refractivity contribution in [3.63, 3.8) is 0 Å². The summed E-state index contributed by atoms with van der Waals surface area (Å²) >= 11 is 0. The molecule has 0 aliphatic rings. The Balaban J connectivity index is 3.40. The zero-order valence-electron chi connectivity index (χ0n) is 19.6. The molecule has 0 aliphatic heterocycles. The lowest BCUT2D eigenvalue weighted by Crippen LogP contribution is -2.41. The monoisotopic (exact) mass is 384 g/mol. The molecule has 0 fully saturated rings. The van der Waals surface area contributed by atoms with E-state index >= 15 is 0 Å². The normalized spacial score (nSPS) is 14.0. The number of hydrogen-bond acceptors (Lipinski definition) is 1. The molecule has 0 spiro atoms. The van der Waals surface area contributed by atoms with Crippen LogP contribution in [0.4, 0.5) is 0 Å². The van der Waals surface area contributed by atoms with E-state index < -0.39 is 8.32 Å². The highest BCUT2D eigenvalue weighted by molar-refractivity contribution is 6.74.